The monoisotopic (exact) mass is 328 g/mol. The summed E-state index contributed by atoms with van der Waals surface area (Å²) < 4.78 is 10.1. The smallest absolute Gasteiger partial charge is 0.338 e. The molecule has 2 aromatic rings. The summed E-state index contributed by atoms with van der Waals surface area (Å²) in [6.07, 6.45) is -0.465. The summed E-state index contributed by atoms with van der Waals surface area (Å²) >= 11 is 0. The van der Waals surface area contributed by atoms with Gasteiger partial charge >= 0.3 is 11.9 Å². The molecule has 1 atom stereocenters. The van der Waals surface area contributed by atoms with Crippen LogP contribution in [-0.2, 0) is 32.3 Å². The molecule has 0 amide bonds. The van der Waals surface area contributed by atoms with Gasteiger partial charge in [0.2, 0.25) is 0 Å². The Morgan fingerprint density at radius 1 is 0.875 bits per heavy atom. The van der Waals surface area contributed by atoms with Crippen molar-refractivity contribution in [2.75, 3.05) is 0 Å². The standard InChI is InChI=1S/C19H20O5/c1-19(22,18(21)24-14-16-10-6-3-7-11-16)12-17(20)23-13-15-8-4-2-5-9-15/h2-11,22H,12-14H2,1H3/t19-/m0/s1. The molecule has 0 aliphatic heterocycles. The summed E-state index contributed by atoms with van der Waals surface area (Å²) in [6.45, 7) is 1.37. The zero-order valence-corrected chi connectivity index (χ0v) is 13.5. The quantitative estimate of drug-likeness (QED) is 0.791. The van der Waals surface area contributed by atoms with E-state index in [0.29, 0.717) is 0 Å². The van der Waals surface area contributed by atoms with Crippen LogP contribution in [0.4, 0.5) is 0 Å². The Bertz CT molecular complexity index is 665. The molecule has 0 fully saturated rings. The third kappa shape index (κ3) is 5.52. The van der Waals surface area contributed by atoms with E-state index in [1.807, 2.05) is 48.5 Å². The third-order valence-electron chi connectivity index (χ3n) is 3.38. The first-order valence-electron chi connectivity index (χ1n) is 7.60. The topological polar surface area (TPSA) is 72.8 Å². The number of ether oxygens (including phenoxy) is 2. The number of hydrogen-bond acceptors (Lipinski definition) is 5. The molecule has 0 unspecified atom stereocenters. The maximum Gasteiger partial charge on any atom is 0.338 e. The minimum Gasteiger partial charge on any atom is -0.461 e. The fourth-order valence-corrected chi connectivity index (χ4v) is 2.02. The van der Waals surface area contributed by atoms with Gasteiger partial charge in [0, 0.05) is 0 Å². The van der Waals surface area contributed by atoms with Crippen molar-refractivity contribution in [3.8, 4) is 0 Å². The van der Waals surface area contributed by atoms with Crippen LogP contribution in [0.1, 0.15) is 24.5 Å². The molecule has 0 radical (unpaired) electrons. The number of carbonyl (C=O) groups excluding carboxylic acids is 2. The molecule has 5 nitrogen and oxygen atoms in total. The fourth-order valence-electron chi connectivity index (χ4n) is 2.02. The first-order chi connectivity index (χ1) is 11.5. The number of benzene rings is 2. The maximum atomic E-state index is 12.0. The molecule has 0 bridgehead atoms. The van der Waals surface area contributed by atoms with Crippen LogP contribution < -0.4 is 0 Å². The Morgan fingerprint density at radius 2 is 1.33 bits per heavy atom. The van der Waals surface area contributed by atoms with Crippen molar-refractivity contribution in [2.45, 2.75) is 32.2 Å². The van der Waals surface area contributed by atoms with Gasteiger partial charge in [0.05, 0.1) is 6.42 Å². The fraction of sp³-hybridized carbons (Fsp3) is 0.263. The van der Waals surface area contributed by atoms with Crippen LogP contribution >= 0.6 is 0 Å². The first-order valence-corrected chi connectivity index (χ1v) is 7.60. The Morgan fingerprint density at radius 3 is 1.83 bits per heavy atom. The van der Waals surface area contributed by atoms with Gasteiger partial charge in [-0.15, -0.1) is 0 Å². The Hall–Kier alpha value is -2.66. The molecule has 0 saturated carbocycles. The average molecular weight is 328 g/mol. The molecule has 0 heterocycles. The molecule has 2 rings (SSSR count). The molecule has 5 heteroatoms. The summed E-state index contributed by atoms with van der Waals surface area (Å²) in [6, 6.07) is 18.3. The Balaban J connectivity index is 1.80. The molecule has 0 aromatic heterocycles. The lowest BCUT2D eigenvalue weighted by molar-refractivity contribution is -0.172. The number of esters is 2. The Labute approximate surface area is 140 Å². The number of aliphatic hydroxyl groups is 1. The third-order valence-corrected chi connectivity index (χ3v) is 3.38. The lowest BCUT2D eigenvalue weighted by atomic mass is 10.0. The number of rotatable bonds is 7. The van der Waals surface area contributed by atoms with Crippen LogP contribution in [0.3, 0.4) is 0 Å². The second-order valence-electron chi connectivity index (χ2n) is 5.66. The van der Waals surface area contributed by atoms with Gasteiger partial charge in [-0.25, -0.2) is 4.79 Å². The van der Waals surface area contributed by atoms with Gasteiger partial charge in [0.1, 0.15) is 13.2 Å². The SMILES string of the molecule is C[C@](O)(CC(=O)OCc1ccccc1)C(=O)OCc1ccccc1. The van der Waals surface area contributed by atoms with Crippen molar-refractivity contribution in [3.63, 3.8) is 0 Å². The van der Waals surface area contributed by atoms with Crippen molar-refractivity contribution in [1.29, 1.82) is 0 Å². The molecular formula is C19H20O5. The van der Waals surface area contributed by atoms with E-state index in [-0.39, 0.29) is 13.2 Å². The maximum absolute atomic E-state index is 12.0. The van der Waals surface area contributed by atoms with E-state index in [2.05, 4.69) is 0 Å². The van der Waals surface area contributed by atoms with Crippen LogP contribution in [0.25, 0.3) is 0 Å². The summed E-state index contributed by atoms with van der Waals surface area (Å²) in [5, 5.41) is 10.2. The zero-order valence-electron chi connectivity index (χ0n) is 13.5. The molecule has 2 aromatic carbocycles. The summed E-state index contributed by atoms with van der Waals surface area (Å²) in [5.41, 5.74) is -0.298. The van der Waals surface area contributed by atoms with Gasteiger partial charge in [0.15, 0.2) is 5.60 Å². The van der Waals surface area contributed by atoms with E-state index >= 15 is 0 Å². The minimum absolute atomic E-state index is 0.0366. The Kier molecular flexibility index (Phi) is 6.09. The van der Waals surface area contributed by atoms with Gasteiger partial charge in [-0.3, -0.25) is 4.79 Å². The van der Waals surface area contributed by atoms with Gasteiger partial charge in [-0.2, -0.15) is 0 Å². The van der Waals surface area contributed by atoms with Crippen LogP contribution in [0.15, 0.2) is 60.7 Å². The highest BCUT2D eigenvalue weighted by Gasteiger charge is 2.35. The summed E-state index contributed by atoms with van der Waals surface area (Å²) in [5.74, 6) is -1.52. The van der Waals surface area contributed by atoms with Crippen molar-refractivity contribution < 1.29 is 24.2 Å². The molecule has 0 aliphatic carbocycles. The highest BCUT2D eigenvalue weighted by atomic mass is 16.6. The van der Waals surface area contributed by atoms with Gasteiger partial charge < -0.3 is 14.6 Å². The molecule has 126 valence electrons. The minimum atomic E-state index is -1.93. The van der Waals surface area contributed by atoms with E-state index in [0.717, 1.165) is 11.1 Å². The van der Waals surface area contributed by atoms with Crippen LogP contribution in [0, 0.1) is 0 Å². The van der Waals surface area contributed by atoms with Crippen molar-refractivity contribution in [2.24, 2.45) is 0 Å². The van der Waals surface area contributed by atoms with Crippen LogP contribution in [-0.4, -0.2) is 22.6 Å². The van der Waals surface area contributed by atoms with E-state index < -0.39 is 24.0 Å². The second-order valence-corrected chi connectivity index (χ2v) is 5.66. The van der Waals surface area contributed by atoms with Crippen molar-refractivity contribution in [3.05, 3.63) is 71.8 Å². The molecular weight excluding hydrogens is 308 g/mol. The first kappa shape index (κ1) is 17.7. The highest BCUT2D eigenvalue weighted by molar-refractivity contribution is 5.85. The van der Waals surface area contributed by atoms with Gasteiger partial charge in [0.25, 0.3) is 0 Å². The predicted octanol–water partition coefficient (Wildman–Crippen LogP) is 2.61. The molecule has 0 aliphatic rings. The predicted molar refractivity (Wildman–Crippen MR) is 87.7 cm³/mol. The lowest BCUT2D eigenvalue weighted by Gasteiger charge is -2.20. The summed E-state index contributed by atoms with van der Waals surface area (Å²) in [4.78, 5) is 23.8. The van der Waals surface area contributed by atoms with E-state index in [1.54, 1.807) is 12.1 Å². The van der Waals surface area contributed by atoms with Crippen molar-refractivity contribution >= 4 is 11.9 Å². The van der Waals surface area contributed by atoms with Crippen molar-refractivity contribution in [1.82, 2.24) is 0 Å². The van der Waals surface area contributed by atoms with E-state index in [4.69, 9.17) is 9.47 Å². The van der Waals surface area contributed by atoms with Crippen LogP contribution in [0.2, 0.25) is 0 Å². The van der Waals surface area contributed by atoms with Gasteiger partial charge in [-0.1, -0.05) is 60.7 Å². The molecule has 0 saturated heterocycles. The van der Waals surface area contributed by atoms with Gasteiger partial charge in [-0.05, 0) is 18.1 Å². The zero-order chi connectivity index (χ0) is 17.4. The molecule has 1 N–H and O–H groups in total. The summed E-state index contributed by atoms with van der Waals surface area (Å²) in [7, 11) is 0. The second kappa shape index (κ2) is 8.26. The van der Waals surface area contributed by atoms with E-state index in [9.17, 15) is 14.7 Å². The average Bonchev–Trinajstić information content (AvgIpc) is 2.59. The largest absolute Gasteiger partial charge is 0.461 e. The number of carbonyl (C=O) groups is 2. The normalized spacial score (nSPS) is 12.9. The lowest BCUT2D eigenvalue weighted by Crippen LogP contribution is -2.39. The van der Waals surface area contributed by atoms with Crippen LogP contribution in [0.5, 0.6) is 0 Å². The number of hydrogen-bond donors (Lipinski definition) is 1. The molecule has 0 spiro atoms. The molecule has 24 heavy (non-hydrogen) atoms. The van der Waals surface area contributed by atoms with E-state index in [1.165, 1.54) is 6.92 Å². The highest BCUT2D eigenvalue weighted by Crippen LogP contribution is 2.15.